The van der Waals surface area contributed by atoms with Crippen LogP contribution in [0.15, 0.2) is 47.8 Å². The lowest BCUT2D eigenvalue weighted by Crippen LogP contribution is -2.32. The van der Waals surface area contributed by atoms with Crippen LogP contribution in [0.1, 0.15) is 5.56 Å². The van der Waals surface area contributed by atoms with Gasteiger partial charge in [-0.3, -0.25) is 14.6 Å². The van der Waals surface area contributed by atoms with Crippen molar-refractivity contribution in [2.75, 3.05) is 19.5 Å². The first kappa shape index (κ1) is 16.9. The van der Waals surface area contributed by atoms with Gasteiger partial charge in [-0.05, 0) is 29.8 Å². The van der Waals surface area contributed by atoms with Crippen molar-refractivity contribution in [2.24, 2.45) is 5.10 Å². The molecule has 0 saturated carbocycles. The minimum Gasteiger partial charge on any atom is -0.497 e. The van der Waals surface area contributed by atoms with Gasteiger partial charge in [-0.2, -0.15) is 5.10 Å². The van der Waals surface area contributed by atoms with Gasteiger partial charge in [0.15, 0.2) is 0 Å². The maximum absolute atomic E-state index is 11.9. The van der Waals surface area contributed by atoms with Crippen LogP contribution in [-0.2, 0) is 9.59 Å². The van der Waals surface area contributed by atoms with Crippen molar-refractivity contribution in [3.8, 4) is 11.5 Å². The molecule has 0 saturated heterocycles. The molecule has 8 heteroatoms. The van der Waals surface area contributed by atoms with Crippen LogP contribution in [0.3, 0.4) is 0 Å². The van der Waals surface area contributed by atoms with Crippen LogP contribution in [-0.4, -0.2) is 37.2 Å². The number of pyridine rings is 1. The number of ether oxygens (including phenoxy) is 2. The van der Waals surface area contributed by atoms with E-state index in [4.69, 9.17) is 9.47 Å². The highest BCUT2D eigenvalue weighted by atomic mass is 16.5. The van der Waals surface area contributed by atoms with Crippen molar-refractivity contribution in [3.05, 3.63) is 48.3 Å². The lowest BCUT2D eigenvalue weighted by molar-refractivity contribution is -0.136. The molecule has 2 N–H and O–H groups in total. The number of nitrogens with zero attached hydrogens (tertiary/aromatic N) is 2. The van der Waals surface area contributed by atoms with Gasteiger partial charge < -0.3 is 14.8 Å². The van der Waals surface area contributed by atoms with Gasteiger partial charge in [0.2, 0.25) is 0 Å². The van der Waals surface area contributed by atoms with E-state index in [1.165, 1.54) is 20.4 Å². The molecule has 0 atom stereocenters. The van der Waals surface area contributed by atoms with Crippen LogP contribution >= 0.6 is 0 Å². The van der Waals surface area contributed by atoms with Crippen molar-refractivity contribution in [1.82, 2.24) is 10.4 Å². The fraction of sp³-hybridized carbons (Fsp3) is 0.125. The maximum Gasteiger partial charge on any atom is 0.329 e. The van der Waals surface area contributed by atoms with Crippen LogP contribution in [0.25, 0.3) is 0 Å². The molecule has 24 heavy (non-hydrogen) atoms. The van der Waals surface area contributed by atoms with Crippen molar-refractivity contribution in [3.63, 3.8) is 0 Å². The number of nitrogens with one attached hydrogen (secondary N) is 2. The molecule has 124 valence electrons. The molecule has 2 amide bonds. The van der Waals surface area contributed by atoms with Crippen molar-refractivity contribution >= 4 is 23.7 Å². The SMILES string of the molecule is COc1ccc(NC(=O)C(=O)NN=Cc2ccncc2)c(OC)c1. The second kappa shape index (κ2) is 8.28. The smallest absolute Gasteiger partial charge is 0.329 e. The Balaban J connectivity index is 1.96. The van der Waals surface area contributed by atoms with E-state index in [9.17, 15) is 9.59 Å². The predicted octanol–water partition coefficient (Wildman–Crippen LogP) is 1.19. The van der Waals surface area contributed by atoms with Gasteiger partial charge in [0, 0.05) is 18.5 Å². The highest BCUT2D eigenvalue weighted by molar-refractivity contribution is 6.39. The monoisotopic (exact) mass is 328 g/mol. The molecule has 0 unspecified atom stereocenters. The molecule has 1 aromatic carbocycles. The van der Waals surface area contributed by atoms with Crippen LogP contribution in [0.5, 0.6) is 11.5 Å². The average Bonchev–Trinajstić information content (AvgIpc) is 2.62. The zero-order valence-corrected chi connectivity index (χ0v) is 13.1. The number of methoxy groups -OCH3 is 2. The molecular weight excluding hydrogens is 312 g/mol. The number of hydrogen-bond acceptors (Lipinski definition) is 6. The Morgan fingerprint density at radius 1 is 1.08 bits per heavy atom. The van der Waals surface area contributed by atoms with Gasteiger partial charge in [-0.15, -0.1) is 0 Å². The predicted molar refractivity (Wildman–Crippen MR) is 88.1 cm³/mol. The van der Waals surface area contributed by atoms with Crippen LogP contribution in [0, 0.1) is 0 Å². The Morgan fingerprint density at radius 3 is 2.50 bits per heavy atom. The molecule has 1 heterocycles. The molecule has 0 bridgehead atoms. The Bertz CT molecular complexity index is 747. The summed E-state index contributed by atoms with van der Waals surface area (Å²) in [4.78, 5) is 27.5. The van der Waals surface area contributed by atoms with Gasteiger partial charge in [-0.25, -0.2) is 5.43 Å². The fourth-order valence-electron chi connectivity index (χ4n) is 1.75. The number of rotatable bonds is 5. The number of anilines is 1. The molecule has 0 fully saturated rings. The standard InChI is InChI=1S/C16H16N4O4/c1-23-12-3-4-13(14(9-12)24-2)19-15(21)16(22)20-18-10-11-5-7-17-8-6-11/h3-10H,1-2H3,(H,19,21)(H,20,22). The number of hydrogen-bond donors (Lipinski definition) is 2. The number of hydrazone groups is 1. The third kappa shape index (κ3) is 4.54. The Kier molecular flexibility index (Phi) is 5.84. The van der Waals surface area contributed by atoms with Gasteiger partial charge in [0.25, 0.3) is 0 Å². The summed E-state index contributed by atoms with van der Waals surface area (Å²) in [7, 11) is 2.96. The van der Waals surface area contributed by atoms with Crippen molar-refractivity contribution in [1.29, 1.82) is 0 Å². The second-order valence-electron chi connectivity index (χ2n) is 4.50. The van der Waals surface area contributed by atoms with E-state index >= 15 is 0 Å². The maximum atomic E-state index is 11.9. The number of aromatic nitrogens is 1. The van der Waals surface area contributed by atoms with Crippen molar-refractivity contribution in [2.45, 2.75) is 0 Å². The summed E-state index contributed by atoms with van der Waals surface area (Å²) in [6.45, 7) is 0. The van der Waals surface area contributed by atoms with Crippen LogP contribution in [0.2, 0.25) is 0 Å². The molecule has 0 spiro atoms. The van der Waals surface area contributed by atoms with Gasteiger partial charge >= 0.3 is 11.8 Å². The summed E-state index contributed by atoms with van der Waals surface area (Å²) in [5, 5.41) is 6.16. The quantitative estimate of drug-likeness (QED) is 0.488. The highest BCUT2D eigenvalue weighted by Gasteiger charge is 2.15. The normalized spacial score (nSPS) is 10.2. The Hall–Kier alpha value is -3.42. The van der Waals surface area contributed by atoms with E-state index in [0.717, 1.165) is 5.56 Å². The number of carbonyl (C=O) groups excluding carboxylic acids is 2. The summed E-state index contributed by atoms with van der Waals surface area (Å²) in [6, 6.07) is 8.21. The Labute approximate surface area is 138 Å². The molecule has 0 aliphatic heterocycles. The van der Waals surface area contributed by atoms with Gasteiger partial charge in [0.1, 0.15) is 11.5 Å². The lowest BCUT2D eigenvalue weighted by atomic mass is 10.2. The van der Waals surface area contributed by atoms with E-state index in [1.807, 2.05) is 0 Å². The summed E-state index contributed by atoms with van der Waals surface area (Å²) in [5.41, 5.74) is 3.23. The zero-order valence-electron chi connectivity index (χ0n) is 13.1. The largest absolute Gasteiger partial charge is 0.497 e. The molecule has 2 aromatic rings. The molecule has 0 radical (unpaired) electrons. The molecule has 0 aliphatic rings. The highest BCUT2D eigenvalue weighted by Crippen LogP contribution is 2.28. The van der Waals surface area contributed by atoms with E-state index in [0.29, 0.717) is 17.2 Å². The van der Waals surface area contributed by atoms with Crippen LogP contribution < -0.4 is 20.2 Å². The van der Waals surface area contributed by atoms with E-state index < -0.39 is 11.8 Å². The molecule has 2 rings (SSSR count). The lowest BCUT2D eigenvalue weighted by Gasteiger charge is -2.10. The first-order valence-electron chi connectivity index (χ1n) is 6.90. The number of carbonyl (C=O) groups is 2. The topological polar surface area (TPSA) is 102 Å². The third-order valence-electron chi connectivity index (χ3n) is 2.95. The summed E-state index contributed by atoms with van der Waals surface area (Å²) >= 11 is 0. The van der Waals surface area contributed by atoms with E-state index in [2.05, 4.69) is 20.8 Å². The molecule has 1 aromatic heterocycles. The first-order valence-corrected chi connectivity index (χ1v) is 6.90. The minimum absolute atomic E-state index is 0.344. The fourth-order valence-corrected chi connectivity index (χ4v) is 1.75. The minimum atomic E-state index is -0.904. The summed E-state index contributed by atoms with van der Waals surface area (Å²) in [6.07, 6.45) is 4.58. The third-order valence-corrected chi connectivity index (χ3v) is 2.95. The summed E-state index contributed by atoms with van der Waals surface area (Å²) < 4.78 is 10.2. The molecule has 0 aliphatic carbocycles. The van der Waals surface area contributed by atoms with E-state index in [-0.39, 0.29) is 0 Å². The average molecular weight is 328 g/mol. The first-order chi connectivity index (χ1) is 11.6. The van der Waals surface area contributed by atoms with E-state index in [1.54, 1.807) is 42.7 Å². The van der Waals surface area contributed by atoms with Crippen molar-refractivity contribution < 1.29 is 19.1 Å². The zero-order chi connectivity index (χ0) is 17.4. The number of benzene rings is 1. The number of amides is 2. The van der Waals surface area contributed by atoms with Gasteiger partial charge in [0.05, 0.1) is 26.1 Å². The summed E-state index contributed by atoms with van der Waals surface area (Å²) in [5.74, 6) is -0.837. The molecular formula is C16H16N4O4. The van der Waals surface area contributed by atoms with Gasteiger partial charge in [-0.1, -0.05) is 0 Å². The molecule has 8 nitrogen and oxygen atoms in total. The second-order valence-corrected chi connectivity index (χ2v) is 4.50. The van der Waals surface area contributed by atoms with Crippen LogP contribution in [0.4, 0.5) is 5.69 Å². The Morgan fingerprint density at radius 2 is 1.83 bits per heavy atom.